The van der Waals surface area contributed by atoms with Gasteiger partial charge in [0, 0.05) is 19.0 Å². The highest BCUT2D eigenvalue weighted by molar-refractivity contribution is 7.71. The summed E-state index contributed by atoms with van der Waals surface area (Å²) in [6, 6.07) is 3.67. The van der Waals surface area contributed by atoms with Crippen LogP contribution in [-0.4, -0.2) is 27.6 Å². The van der Waals surface area contributed by atoms with Gasteiger partial charge in [-0.2, -0.15) is 4.98 Å². The number of hydrogen-bond donors (Lipinski definition) is 2. The molecule has 0 aromatic carbocycles. The standard InChI is InChI=1S/C12H16N4O2S/c1-18-10-6-5-8-11(15-10)16(12(19)14-8)7-3-2-4-9(13)17/h5-6H,2-4,7H2,1H3,(H2,13,17)(H,14,19). The van der Waals surface area contributed by atoms with Crippen LogP contribution >= 0.6 is 12.2 Å². The highest BCUT2D eigenvalue weighted by atomic mass is 32.1. The molecule has 0 aliphatic rings. The van der Waals surface area contributed by atoms with Crippen molar-refractivity contribution in [2.24, 2.45) is 5.73 Å². The van der Waals surface area contributed by atoms with Crippen molar-refractivity contribution in [3.63, 3.8) is 0 Å². The van der Waals surface area contributed by atoms with Crippen molar-refractivity contribution in [1.82, 2.24) is 14.5 Å². The fourth-order valence-electron chi connectivity index (χ4n) is 1.90. The summed E-state index contributed by atoms with van der Waals surface area (Å²) in [4.78, 5) is 18.2. The first kappa shape index (κ1) is 13.5. The number of nitrogens with zero attached hydrogens (tertiary/aromatic N) is 2. The van der Waals surface area contributed by atoms with E-state index in [4.69, 9.17) is 22.7 Å². The number of pyridine rings is 1. The Bertz CT molecular complexity index is 647. The first-order valence-corrected chi connectivity index (χ1v) is 6.44. The summed E-state index contributed by atoms with van der Waals surface area (Å²) in [5.74, 6) is 0.273. The molecule has 7 heteroatoms. The summed E-state index contributed by atoms with van der Waals surface area (Å²) in [7, 11) is 1.58. The molecule has 0 unspecified atom stereocenters. The second-order valence-electron chi connectivity index (χ2n) is 4.23. The van der Waals surface area contributed by atoms with E-state index in [0.29, 0.717) is 23.6 Å². The number of rotatable bonds is 6. The van der Waals surface area contributed by atoms with E-state index < -0.39 is 0 Å². The summed E-state index contributed by atoms with van der Waals surface area (Å²) in [6.07, 6.45) is 1.96. The van der Waals surface area contributed by atoms with Crippen LogP contribution in [0.25, 0.3) is 11.2 Å². The van der Waals surface area contributed by atoms with Crippen molar-refractivity contribution < 1.29 is 9.53 Å². The number of nitrogens with two attached hydrogens (primary N) is 1. The van der Waals surface area contributed by atoms with Crippen LogP contribution in [-0.2, 0) is 11.3 Å². The van der Waals surface area contributed by atoms with Crippen LogP contribution in [0.4, 0.5) is 0 Å². The van der Waals surface area contributed by atoms with Crippen molar-refractivity contribution in [3.05, 3.63) is 16.9 Å². The summed E-state index contributed by atoms with van der Waals surface area (Å²) in [6.45, 7) is 0.701. The fourth-order valence-corrected chi connectivity index (χ4v) is 2.19. The van der Waals surface area contributed by atoms with E-state index in [1.807, 2.05) is 10.6 Å². The monoisotopic (exact) mass is 280 g/mol. The molecule has 2 rings (SSSR count). The van der Waals surface area contributed by atoms with E-state index in [1.54, 1.807) is 13.2 Å². The molecule has 3 N–H and O–H groups in total. The zero-order chi connectivity index (χ0) is 13.8. The molecule has 1 amide bonds. The minimum absolute atomic E-state index is 0.276. The summed E-state index contributed by atoms with van der Waals surface area (Å²) in [5.41, 5.74) is 6.75. The van der Waals surface area contributed by atoms with E-state index in [0.717, 1.165) is 24.0 Å². The molecule has 0 saturated carbocycles. The van der Waals surface area contributed by atoms with Gasteiger partial charge in [0.15, 0.2) is 10.4 Å². The quantitative estimate of drug-likeness (QED) is 0.623. The van der Waals surface area contributed by atoms with Crippen molar-refractivity contribution >= 4 is 29.3 Å². The minimum Gasteiger partial charge on any atom is -0.481 e. The van der Waals surface area contributed by atoms with Gasteiger partial charge in [-0.1, -0.05) is 0 Å². The van der Waals surface area contributed by atoms with Crippen LogP contribution in [0.1, 0.15) is 19.3 Å². The molecule has 19 heavy (non-hydrogen) atoms. The number of carbonyl (C=O) groups is 1. The number of primary amides is 1. The van der Waals surface area contributed by atoms with Gasteiger partial charge in [-0.05, 0) is 31.1 Å². The number of hydrogen-bond acceptors (Lipinski definition) is 4. The molecular weight excluding hydrogens is 264 g/mol. The number of nitrogens with one attached hydrogen (secondary N) is 1. The Kier molecular flexibility index (Phi) is 4.16. The number of ether oxygens (including phenoxy) is 1. The average molecular weight is 280 g/mol. The number of methoxy groups -OCH3 is 1. The third-order valence-corrected chi connectivity index (χ3v) is 3.18. The molecule has 6 nitrogen and oxygen atoms in total. The molecule has 0 aliphatic carbocycles. The summed E-state index contributed by atoms with van der Waals surface area (Å²) < 4.78 is 7.64. The summed E-state index contributed by atoms with van der Waals surface area (Å²) in [5, 5.41) is 0. The van der Waals surface area contributed by atoms with Crippen LogP contribution in [0, 0.1) is 4.77 Å². The first-order chi connectivity index (χ1) is 9.11. The van der Waals surface area contributed by atoms with E-state index in [2.05, 4.69) is 9.97 Å². The molecular formula is C12H16N4O2S. The molecule has 0 saturated heterocycles. The molecule has 0 atom stereocenters. The van der Waals surface area contributed by atoms with E-state index >= 15 is 0 Å². The van der Waals surface area contributed by atoms with Crippen LogP contribution in [0.3, 0.4) is 0 Å². The van der Waals surface area contributed by atoms with Gasteiger partial charge >= 0.3 is 0 Å². The number of carbonyl (C=O) groups excluding carboxylic acids is 1. The van der Waals surface area contributed by atoms with Crippen LogP contribution in [0.5, 0.6) is 5.88 Å². The number of aromatic amines is 1. The minimum atomic E-state index is -0.276. The van der Waals surface area contributed by atoms with Gasteiger partial charge in [-0.15, -0.1) is 0 Å². The van der Waals surface area contributed by atoms with Gasteiger partial charge in [0.1, 0.15) is 0 Å². The van der Waals surface area contributed by atoms with Gasteiger partial charge in [0.2, 0.25) is 11.8 Å². The SMILES string of the molecule is COc1ccc2[nH]c(=S)n(CCCCC(N)=O)c2n1. The zero-order valence-electron chi connectivity index (χ0n) is 10.7. The number of imidazole rings is 1. The number of aromatic nitrogens is 3. The van der Waals surface area contributed by atoms with E-state index in [1.165, 1.54) is 0 Å². The number of unbranched alkanes of at least 4 members (excludes halogenated alkanes) is 1. The Morgan fingerprint density at radius 2 is 2.32 bits per heavy atom. The van der Waals surface area contributed by atoms with Crippen molar-refractivity contribution in [2.45, 2.75) is 25.8 Å². The highest BCUT2D eigenvalue weighted by Crippen LogP contribution is 2.17. The Labute approximate surface area is 115 Å². The van der Waals surface area contributed by atoms with Crippen molar-refractivity contribution in [2.75, 3.05) is 7.11 Å². The third kappa shape index (κ3) is 3.11. The lowest BCUT2D eigenvalue weighted by molar-refractivity contribution is -0.118. The maximum Gasteiger partial charge on any atom is 0.217 e. The van der Waals surface area contributed by atoms with Crippen LogP contribution in [0.15, 0.2) is 12.1 Å². The molecule has 0 fully saturated rings. The van der Waals surface area contributed by atoms with Crippen LogP contribution < -0.4 is 10.5 Å². The zero-order valence-corrected chi connectivity index (χ0v) is 11.5. The Morgan fingerprint density at radius 3 is 3.00 bits per heavy atom. The van der Waals surface area contributed by atoms with Crippen molar-refractivity contribution in [1.29, 1.82) is 0 Å². The lowest BCUT2D eigenvalue weighted by atomic mass is 10.2. The highest BCUT2D eigenvalue weighted by Gasteiger charge is 2.07. The van der Waals surface area contributed by atoms with E-state index in [-0.39, 0.29) is 5.91 Å². The third-order valence-electron chi connectivity index (χ3n) is 2.86. The molecule has 2 heterocycles. The normalized spacial score (nSPS) is 10.8. The molecule has 2 aromatic rings. The molecule has 0 spiro atoms. The molecule has 0 aliphatic heterocycles. The maximum absolute atomic E-state index is 10.7. The topological polar surface area (TPSA) is 85.9 Å². The Morgan fingerprint density at radius 1 is 1.53 bits per heavy atom. The molecule has 102 valence electrons. The van der Waals surface area contributed by atoms with E-state index in [9.17, 15) is 4.79 Å². The molecule has 2 aromatic heterocycles. The van der Waals surface area contributed by atoms with Gasteiger partial charge in [-0.3, -0.25) is 4.79 Å². The Balaban J connectivity index is 2.19. The second-order valence-corrected chi connectivity index (χ2v) is 4.62. The number of H-pyrrole nitrogens is 1. The van der Waals surface area contributed by atoms with Crippen LogP contribution in [0.2, 0.25) is 0 Å². The predicted octanol–water partition coefficient (Wildman–Crippen LogP) is 1.76. The van der Waals surface area contributed by atoms with Gasteiger partial charge in [0.05, 0.1) is 12.6 Å². The molecule has 0 bridgehead atoms. The molecule has 0 radical (unpaired) electrons. The number of aryl methyl sites for hydroxylation is 1. The first-order valence-electron chi connectivity index (χ1n) is 6.03. The number of amides is 1. The summed E-state index contributed by atoms with van der Waals surface area (Å²) >= 11 is 5.27. The van der Waals surface area contributed by atoms with Crippen molar-refractivity contribution in [3.8, 4) is 5.88 Å². The fraction of sp³-hybridized carbons (Fsp3) is 0.417. The average Bonchev–Trinajstić information content (AvgIpc) is 2.69. The second kappa shape index (κ2) is 5.83. The lowest BCUT2D eigenvalue weighted by Crippen LogP contribution is -2.10. The largest absolute Gasteiger partial charge is 0.481 e. The smallest absolute Gasteiger partial charge is 0.217 e. The Hall–Kier alpha value is -1.89. The van der Waals surface area contributed by atoms with Gasteiger partial charge in [-0.25, -0.2) is 0 Å². The van der Waals surface area contributed by atoms with Gasteiger partial charge < -0.3 is 20.0 Å². The lowest BCUT2D eigenvalue weighted by Gasteiger charge is -2.04. The number of fused-ring (bicyclic) bond motifs is 1. The predicted molar refractivity (Wildman–Crippen MR) is 74.5 cm³/mol. The maximum atomic E-state index is 10.7. The van der Waals surface area contributed by atoms with Gasteiger partial charge in [0.25, 0.3) is 0 Å².